The zero-order valence-corrected chi connectivity index (χ0v) is 21.7. The maximum absolute atomic E-state index is 14.1. The van der Waals surface area contributed by atoms with E-state index in [2.05, 4.69) is 48.5 Å². The Hall–Kier alpha value is -3.28. The van der Waals surface area contributed by atoms with Crippen molar-refractivity contribution < 1.29 is 9.53 Å². The molecule has 1 aliphatic rings. The minimum atomic E-state index is -0.571. The maximum atomic E-state index is 14.1. The number of nitrogens with zero attached hydrogens (tertiary/aromatic N) is 3. The van der Waals surface area contributed by atoms with E-state index in [1.165, 1.54) is 24.8 Å². The summed E-state index contributed by atoms with van der Waals surface area (Å²) in [7, 11) is 5.63. The highest BCUT2D eigenvalue weighted by molar-refractivity contribution is 5.99. The lowest BCUT2D eigenvalue weighted by Gasteiger charge is -2.38. The fraction of sp³-hybridized carbons (Fsp3) is 0.448. The number of aryl methyl sites for hydroxylation is 1. The number of hydrogen-bond donors (Lipinski definition) is 1. The van der Waals surface area contributed by atoms with Crippen LogP contribution in [-0.2, 0) is 16.6 Å². The Balaban J connectivity index is 1.67. The van der Waals surface area contributed by atoms with Gasteiger partial charge in [0.05, 0.1) is 30.1 Å². The summed E-state index contributed by atoms with van der Waals surface area (Å²) in [4.78, 5) is 16.1. The summed E-state index contributed by atoms with van der Waals surface area (Å²) in [5.74, 6) is 2.05. The van der Waals surface area contributed by atoms with Crippen LogP contribution in [0.15, 0.2) is 54.7 Å². The van der Waals surface area contributed by atoms with Crippen molar-refractivity contribution in [2.75, 3.05) is 31.4 Å². The summed E-state index contributed by atoms with van der Waals surface area (Å²) in [5, 5.41) is 7.76. The average Bonchev–Trinajstić information content (AvgIpc) is 3.31. The summed E-state index contributed by atoms with van der Waals surface area (Å²) in [5.41, 5.74) is 3.63. The molecule has 0 saturated heterocycles. The molecule has 1 saturated carbocycles. The van der Waals surface area contributed by atoms with Crippen LogP contribution in [0.25, 0.3) is 5.69 Å². The molecule has 0 bridgehead atoms. The number of amides is 1. The van der Waals surface area contributed by atoms with Crippen LogP contribution in [0.4, 0.5) is 11.5 Å². The first-order valence-corrected chi connectivity index (χ1v) is 12.7. The second-order valence-electron chi connectivity index (χ2n) is 9.82. The van der Waals surface area contributed by atoms with E-state index in [0.29, 0.717) is 11.7 Å². The lowest BCUT2D eigenvalue weighted by atomic mass is 9.66. The largest absolute Gasteiger partial charge is 0.495 e. The van der Waals surface area contributed by atoms with E-state index in [0.717, 1.165) is 42.0 Å². The molecule has 0 aliphatic heterocycles. The normalized spacial score (nSPS) is 15.2. The second kappa shape index (κ2) is 10.5. The Kier molecular flexibility index (Phi) is 7.48. The molecule has 1 atom stereocenters. The van der Waals surface area contributed by atoms with Crippen LogP contribution in [0.5, 0.6) is 5.75 Å². The molecule has 1 aliphatic carbocycles. The minimum absolute atomic E-state index is 0.0368. The predicted molar refractivity (Wildman–Crippen MR) is 143 cm³/mol. The zero-order chi connectivity index (χ0) is 25.0. The standard InChI is InChI=1S/C29H38N4O2/c1-6-21-11-13-23(14-12-21)29(7-2,20-22-9-8-10-22)28(34)31-27-17-18-30-33(27)24-15-16-25(32(3)4)26(19-24)35-5/h11-19,22H,6-10,20H2,1-5H3,(H,31,34). The molecule has 4 rings (SSSR count). The third-order valence-corrected chi connectivity index (χ3v) is 7.59. The van der Waals surface area contributed by atoms with Crippen LogP contribution in [0.3, 0.4) is 0 Å². The van der Waals surface area contributed by atoms with Crippen LogP contribution in [0.2, 0.25) is 0 Å². The molecule has 1 aromatic heterocycles. The monoisotopic (exact) mass is 474 g/mol. The molecule has 1 unspecified atom stereocenters. The molecule has 1 amide bonds. The number of carbonyl (C=O) groups is 1. The van der Waals surface area contributed by atoms with E-state index in [9.17, 15) is 4.79 Å². The first kappa shape index (κ1) is 24.8. The number of nitrogens with one attached hydrogen (secondary N) is 1. The first-order chi connectivity index (χ1) is 16.9. The van der Waals surface area contributed by atoms with Gasteiger partial charge in [0.2, 0.25) is 5.91 Å². The Morgan fingerprint density at radius 2 is 1.89 bits per heavy atom. The van der Waals surface area contributed by atoms with E-state index in [1.807, 2.05) is 43.3 Å². The number of carbonyl (C=O) groups excluding carboxylic acids is 1. The molecule has 2 aromatic carbocycles. The Labute approximate surface area is 209 Å². The SMILES string of the molecule is CCc1ccc(C(CC)(CC2CCC2)C(=O)Nc2ccnn2-c2ccc(N(C)C)c(OC)c2)cc1. The van der Waals surface area contributed by atoms with E-state index in [4.69, 9.17) is 4.74 Å². The summed E-state index contributed by atoms with van der Waals surface area (Å²) in [6.07, 6.45) is 8.01. The number of methoxy groups -OCH3 is 1. The average molecular weight is 475 g/mol. The predicted octanol–water partition coefficient (Wildman–Crippen LogP) is 5.99. The summed E-state index contributed by atoms with van der Waals surface area (Å²) in [6.45, 7) is 4.29. The molecule has 1 heterocycles. The van der Waals surface area contributed by atoms with E-state index >= 15 is 0 Å². The smallest absolute Gasteiger partial charge is 0.236 e. The number of hydrogen-bond acceptors (Lipinski definition) is 4. The van der Waals surface area contributed by atoms with Gasteiger partial charge in [-0.2, -0.15) is 5.10 Å². The highest BCUT2D eigenvalue weighted by atomic mass is 16.5. The minimum Gasteiger partial charge on any atom is -0.495 e. The molecule has 0 radical (unpaired) electrons. The number of anilines is 2. The molecule has 0 spiro atoms. The molecular weight excluding hydrogens is 436 g/mol. The van der Waals surface area contributed by atoms with Gasteiger partial charge in [-0.3, -0.25) is 4.79 Å². The third kappa shape index (κ3) is 4.93. The number of ether oxygens (including phenoxy) is 1. The topological polar surface area (TPSA) is 59.4 Å². The van der Waals surface area contributed by atoms with Crippen LogP contribution < -0.4 is 15.0 Å². The first-order valence-electron chi connectivity index (χ1n) is 12.7. The van der Waals surface area contributed by atoms with Crippen LogP contribution in [-0.4, -0.2) is 36.9 Å². The molecule has 186 valence electrons. The van der Waals surface area contributed by atoms with Crippen LogP contribution in [0, 0.1) is 5.92 Å². The fourth-order valence-corrected chi connectivity index (χ4v) is 5.11. The zero-order valence-electron chi connectivity index (χ0n) is 21.7. The van der Waals surface area contributed by atoms with Gasteiger partial charge in [-0.1, -0.05) is 57.4 Å². The van der Waals surface area contributed by atoms with Crippen molar-refractivity contribution in [3.63, 3.8) is 0 Å². The van der Waals surface area contributed by atoms with Crippen LogP contribution >= 0.6 is 0 Å². The Morgan fingerprint density at radius 1 is 1.14 bits per heavy atom. The highest BCUT2D eigenvalue weighted by Gasteiger charge is 2.42. The summed E-state index contributed by atoms with van der Waals surface area (Å²) in [6, 6.07) is 16.4. The Morgan fingerprint density at radius 3 is 2.46 bits per heavy atom. The fourth-order valence-electron chi connectivity index (χ4n) is 5.11. The Bertz CT molecular complexity index is 1150. The van der Waals surface area contributed by atoms with Gasteiger partial charge in [-0.25, -0.2) is 4.68 Å². The van der Waals surface area contributed by atoms with Crippen molar-refractivity contribution >= 4 is 17.4 Å². The lowest BCUT2D eigenvalue weighted by molar-refractivity contribution is -0.122. The van der Waals surface area contributed by atoms with Crippen molar-refractivity contribution in [1.29, 1.82) is 0 Å². The molecule has 3 aromatic rings. The summed E-state index contributed by atoms with van der Waals surface area (Å²) >= 11 is 0. The van der Waals surface area contributed by atoms with Gasteiger partial charge in [0.1, 0.15) is 11.6 Å². The van der Waals surface area contributed by atoms with E-state index in [1.54, 1.807) is 18.0 Å². The molecule has 1 fully saturated rings. The lowest BCUT2D eigenvalue weighted by Crippen LogP contribution is -2.43. The molecule has 6 heteroatoms. The highest BCUT2D eigenvalue weighted by Crippen LogP contribution is 2.42. The maximum Gasteiger partial charge on any atom is 0.236 e. The molecule has 6 nitrogen and oxygen atoms in total. The third-order valence-electron chi connectivity index (χ3n) is 7.59. The van der Waals surface area contributed by atoms with Gasteiger partial charge in [0, 0.05) is 26.2 Å². The number of aromatic nitrogens is 2. The molecular formula is C29H38N4O2. The van der Waals surface area contributed by atoms with Crippen molar-refractivity contribution in [2.24, 2.45) is 5.92 Å². The molecule has 35 heavy (non-hydrogen) atoms. The van der Waals surface area contributed by atoms with Crippen LogP contribution in [0.1, 0.15) is 57.1 Å². The van der Waals surface area contributed by atoms with Crippen molar-refractivity contribution in [3.05, 3.63) is 65.9 Å². The quantitative estimate of drug-likeness (QED) is 0.392. The van der Waals surface area contributed by atoms with Gasteiger partial charge < -0.3 is 15.0 Å². The van der Waals surface area contributed by atoms with Crippen molar-refractivity contribution in [1.82, 2.24) is 9.78 Å². The van der Waals surface area contributed by atoms with E-state index in [-0.39, 0.29) is 5.91 Å². The second-order valence-corrected chi connectivity index (χ2v) is 9.82. The van der Waals surface area contributed by atoms with E-state index < -0.39 is 5.41 Å². The van der Waals surface area contributed by atoms with Gasteiger partial charge in [0.15, 0.2) is 0 Å². The van der Waals surface area contributed by atoms with Gasteiger partial charge in [0.25, 0.3) is 0 Å². The van der Waals surface area contributed by atoms with Crippen molar-refractivity contribution in [3.8, 4) is 11.4 Å². The number of benzene rings is 2. The summed E-state index contributed by atoms with van der Waals surface area (Å²) < 4.78 is 7.37. The van der Waals surface area contributed by atoms with Gasteiger partial charge >= 0.3 is 0 Å². The van der Waals surface area contributed by atoms with Gasteiger partial charge in [-0.15, -0.1) is 0 Å². The molecule has 1 N–H and O–H groups in total. The van der Waals surface area contributed by atoms with Gasteiger partial charge in [-0.05, 0) is 48.4 Å². The number of rotatable bonds is 10. The van der Waals surface area contributed by atoms with Crippen molar-refractivity contribution in [2.45, 2.75) is 57.8 Å².